The third-order valence-corrected chi connectivity index (χ3v) is 2.53. The number of aromatic nitrogens is 4. The summed E-state index contributed by atoms with van der Waals surface area (Å²) >= 11 is 0. The number of carbonyl (C=O) groups excluding carboxylic acids is 2. The maximum Gasteiger partial charge on any atom is 2.00 e. The number of hydrogen-bond acceptors (Lipinski definition) is 8. The number of aliphatic carboxylic acids is 2. The molecule has 0 aromatic carbocycles. The Morgan fingerprint density at radius 3 is 1.23 bits per heavy atom. The van der Waals surface area contributed by atoms with Crippen molar-refractivity contribution in [1.29, 1.82) is 0 Å². The van der Waals surface area contributed by atoms with Gasteiger partial charge in [-0.3, -0.25) is 28.7 Å². The maximum absolute atomic E-state index is 12.5. The zero-order chi connectivity index (χ0) is 20.0. The number of carbonyl (C=O) groups is 2. The Labute approximate surface area is 178 Å². The summed E-state index contributed by atoms with van der Waals surface area (Å²) in [7, 11) is 0. The van der Waals surface area contributed by atoms with Crippen LogP contribution in [0.15, 0.2) is 31.6 Å². The normalized spacial score (nSPS) is 8.32. The predicted molar refractivity (Wildman–Crippen MR) is 92.1 cm³/mol. The van der Waals surface area contributed by atoms with Crippen LogP contribution in [0.3, 0.4) is 0 Å². The minimum Gasteiger partial charge on any atom is -0.548 e. The van der Waals surface area contributed by atoms with Crippen LogP contribution in [0.4, 0.5) is 8.78 Å². The second kappa shape index (κ2) is 16.3. The molecule has 14 N–H and O–H groups in total. The van der Waals surface area contributed by atoms with E-state index in [1.54, 1.807) is 9.97 Å². The van der Waals surface area contributed by atoms with Crippen LogP contribution < -0.4 is 32.7 Å². The molecule has 177 valence electrons. The molecule has 0 unspecified atom stereocenters. The minimum absolute atomic E-state index is 0. The number of nitrogens with zero attached hydrogens (tertiary/aromatic N) is 2. The van der Waals surface area contributed by atoms with Crippen LogP contribution >= 0.6 is 0 Å². The Morgan fingerprint density at radius 2 is 1.00 bits per heavy atom. The molecule has 31 heavy (non-hydrogen) atoms. The molecule has 16 nitrogen and oxygen atoms in total. The average molecular weight is 505 g/mol. The first-order valence-electron chi connectivity index (χ1n) is 6.39. The van der Waals surface area contributed by atoms with Crippen LogP contribution in [0.1, 0.15) is 0 Å². The van der Waals surface area contributed by atoms with Crippen molar-refractivity contribution in [2.75, 3.05) is 0 Å². The van der Waals surface area contributed by atoms with Gasteiger partial charge in [0.05, 0.1) is 37.4 Å². The summed E-state index contributed by atoms with van der Waals surface area (Å²) < 4.78 is 26.0. The molecular formula is C12H20F2MnN4O12+4. The zero-order valence-corrected chi connectivity index (χ0v) is 16.4. The summed E-state index contributed by atoms with van der Waals surface area (Å²) in [5, 5.41) is 20.1. The topological polar surface area (TPSA) is 322 Å². The van der Waals surface area contributed by atoms with Crippen LogP contribution in [0.25, 0.3) is 0 Å². The van der Waals surface area contributed by atoms with Gasteiger partial charge in [-0.25, -0.2) is 9.59 Å². The van der Waals surface area contributed by atoms with Crippen LogP contribution in [0, 0.1) is 11.6 Å². The molecule has 0 amide bonds. The number of nitrogens with one attached hydrogen (secondary N) is 2. The van der Waals surface area contributed by atoms with Gasteiger partial charge in [0.15, 0.2) is 0 Å². The van der Waals surface area contributed by atoms with E-state index in [4.69, 9.17) is 0 Å². The first-order valence-corrected chi connectivity index (χ1v) is 6.39. The number of hydrogen-bond donors (Lipinski definition) is 2. The van der Waals surface area contributed by atoms with Crippen molar-refractivity contribution < 1.29 is 67.6 Å². The van der Waals surface area contributed by atoms with Gasteiger partial charge in [-0.1, -0.05) is 0 Å². The second-order valence-corrected chi connectivity index (χ2v) is 4.47. The van der Waals surface area contributed by atoms with Gasteiger partial charge in [0.2, 0.25) is 11.6 Å². The van der Waals surface area contributed by atoms with E-state index < -0.39 is 59.2 Å². The van der Waals surface area contributed by atoms with Crippen molar-refractivity contribution >= 4 is 11.9 Å². The van der Waals surface area contributed by atoms with Crippen molar-refractivity contribution in [3.05, 3.63) is 65.7 Å². The summed E-state index contributed by atoms with van der Waals surface area (Å²) in [6, 6.07) is 0. The van der Waals surface area contributed by atoms with Gasteiger partial charge in [0.25, 0.3) is 11.1 Å². The Kier molecular flexibility index (Phi) is 20.1. The molecule has 0 aliphatic carbocycles. The molecule has 19 heteroatoms. The number of carboxylic acid groups (broad SMARTS) is 2. The third kappa shape index (κ3) is 12.0. The molecular weight excluding hydrogens is 485 g/mol. The van der Waals surface area contributed by atoms with Gasteiger partial charge >= 0.3 is 28.4 Å². The van der Waals surface area contributed by atoms with E-state index in [2.05, 4.69) is 0 Å². The molecule has 0 bridgehead atoms. The zero-order valence-electron chi connectivity index (χ0n) is 15.2. The maximum atomic E-state index is 12.5. The Hall–Kier alpha value is -3.48. The number of aromatic amines is 2. The fourth-order valence-electron chi connectivity index (χ4n) is 1.48. The third-order valence-electron chi connectivity index (χ3n) is 2.53. The Morgan fingerprint density at radius 1 is 0.742 bits per heavy atom. The summed E-state index contributed by atoms with van der Waals surface area (Å²) in [6.07, 6.45) is 1.02. The molecule has 0 saturated heterocycles. The minimum atomic E-state index is -1.55. The van der Waals surface area contributed by atoms with Crippen molar-refractivity contribution in [1.82, 2.24) is 19.1 Å². The van der Waals surface area contributed by atoms with Crippen LogP contribution in [0.5, 0.6) is 0 Å². The first kappa shape index (κ1) is 38.2. The summed E-state index contributed by atoms with van der Waals surface area (Å²) in [6.45, 7) is -1.60. The largest absolute Gasteiger partial charge is 2.00 e. The van der Waals surface area contributed by atoms with Gasteiger partial charge < -0.3 is 41.7 Å². The SMILES string of the molecule is O=C([O-])Cn1cc(F)c(=O)[nH]c1=O.O=C([O-])Cn1cc(F)c(=O)[nH]c1=O.[Mn+2].[OH3+].[OH3+].[OH3+].[OH3+]. The Balaban J connectivity index is -0.000000125. The van der Waals surface area contributed by atoms with Gasteiger partial charge in [0.1, 0.15) is 0 Å². The Bertz CT molecular complexity index is 991. The average Bonchev–Trinajstić information content (AvgIpc) is 2.50. The first-order chi connectivity index (χ1) is 12.0. The predicted octanol–water partition coefficient (Wildman–Crippen LogP) is -8.84. The van der Waals surface area contributed by atoms with Crippen molar-refractivity contribution in [2.24, 2.45) is 0 Å². The van der Waals surface area contributed by atoms with Crippen LogP contribution in [0.2, 0.25) is 0 Å². The van der Waals surface area contributed by atoms with Crippen molar-refractivity contribution in [2.45, 2.75) is 13.1 Å². The van der Waals surface area contributed by atoms with Crippen molar-refractivity contribution in [3.63, 3.8) is 0 Å². The number of rotatable bonds is 4. The molecule has 0 atom stereocenters. The smallest absolute Gasteiger partial charge is 0.548 e. The van der Waals surface area contributed by atoms with E-state index in [1.807, 2.05) is 0 Å². The van der Waals surface area contributed by atoms with E-state index in [0.717, 1.165) is 0 Å². The van der Waals surface area contributed by atoms with Gasteiger partial charge in [-0.15, -0.1) is 0 Å². The van der Waals surface area contributed by atoms with E-state index in [1.165, 1.54) is 0 Å². The van der Waals surface area contributed by atoms with E-state index >= 15 is 0 Å². The molecule has 2 aromatic rings. The van der Waals surface area contributed by atoms with E-state index in [0.29, 0.717) is 21.5 Å². The molecule has 0 fully saturated rings. The molecule has 2 aromatic heterocycles. The molecule has 0 spiro atoms. The molecule has 0 saturated carbocycles. The number of carboxylic acids is 2. The molecule has 0 aliphatic rings. The van der Waals surface area contributed by atoms with E-state index in [9.17, 15) is 47.8 Å². The standard InChI is InChI=1S/2C6H5FN2O4.Mn.4H2O/c2*7-3-1-9(2-4(10)11)6(13)8-5(3)12;;;;;/h2*1H,2H2,(H,10,11)(H,8,12,13);;4*1H2/q;;+2;;;;/p+2. The molecule has 1 radical (unpaired) electrons. The van der Waals surface area contributed by atoms with E-state index in [-0.39, 0.29) is 39.0 Å². The summed E-state index contributed by atoms with van der Waals surface area (Å²) in [5.41, 5.74) is -4.34. The molecule has 2 rings (SSSR count). The molecule has 2 heterocycles. The quantitative estimate of drug-likeness (QED) is 0.296. The second-order valence-electron chi connectivity index (χ2n) is 4.47. The van der Waals surface area contributed by atoms with Gasteiger partial charge in [-0.05, 0) is 0 Å². The summed E-state index contributed by atoms with van der Waals surface area (Å²) in [4.78, 5) is 65.8. The van der Waals surface area contributed by atoms with Gasteiger partial charge in [0, 0.05) is 0 Å². The van der Waals surface area contributed by atoms with Crippen LogP contribution in [-0.2, 0) is 61.7 Å². The number of halogens is 2. The monoisotopic (exact) mass is 505 g/mol. The van der Waals surface area contributed by atoms with Gasteiger partial charge in [-0.2, -0.15) is 8.78 Å². The van der Waals surface area contributed by atoms with Crippen molar-refractivity contribution in [3.8, 4) is 0 Å². The molecule has 0 aliphatic heterocycles. The number of H-pyrrole nitrogens is 2. The summed E-state index contributed by atoms with van der Waals surface area (Å²) in [5.74, 6) is -5.54. The fraction of sp³-hybridized carbons (Fsp3) is 0.167. The van der Waals surface area contributed by atoms with Crippen LogP contribution in [-0.4, -0.2) is 31.0 Å². The fourth-order valence-corrected chi connectivity index (χ4v) is 1.48.